The van der Waals surface area contributed by atoms with E-state index in [9.17, 15) is 4.79 Å². The second kappa shape index (κ2) is 5.23. The summed E-state index contributed by atoms with van der Waals surface area (Å²) in [6.45, 7) is -0.0405. The Hall–Kier alpha value is -1.73. The van der Waals surface area contributed by atoms with Crippen LogP contribution >= 0.6 is 11.6 Å². The number of nitrogens with zero attached hydrogens (tertiary/aromatic N) is 1. The van der Waals surface area contributed by atoms with Crippen LogP contribution in [0.25, 0.3) is 0 Å². The third-order valence-electron chi connectivity index (χ3n) is 1.75. The van der Waals surface area contributed by atoms with E-state index in [1.807, 2.05) is 6.07 Å². The van der Waals surface area contributed by atoms with Gasteiger partial charge in [-0.05, 0) is 18.2 Å². The predicted octanol–water partition coefficient (Wildman–Crippen LogP) is 1.60. The number of halogens is 1. The topological polar surface area (TPSA) is 62.1 Å². The first kappa shape index (κ1) is 11.3. The van der Waals surface area contributed by atoms with Gasteiger partial charge >= 0.3 is 0 Å². The second-order valence-electron chi connectivity index (χ2n) is 2.69. The quantitative estimate of drug-likeness (QED) is 0.794. The molecule has 1 aromatic rings. The van der Waals surface area contributed by atoms with E-state index in [1.54, 1.807) is 18.2 Å². The van der Waals surface area contributed by atoms with E-state index in [1.165, 1.54) is 7.11 Å². The van der Waals surface area contributed by atoms with Crippen LogP contribution in [0.1, 0.15) is 10.4 Å². The van der Waals surface area contributed by atoms with Gasteiger partial charge in [0.15, 0.2) is 0 Å². The maximum Gasteiger partial charge on any atom is 0.253 e. The predicted molar refractivity (Wildman–Crippen MR) is 56.0 cm³/mol. The van der Waals surface area contributed by atoms with Crippen molar-refractivity contribution in [3.8, 4) is 11.8 Å². The van der Waals surface area contributed by atoms with Crippen LogP contribution < -0.4 is 10.1 Å². The number of amides is 1. The lowest BCUT2D eigenvalue weighted by Gasteiger charge is -2.05. The van der Waals surface area contributed by atoms with E-state index in [-0.39, 0.29) is 12.5 Å². The highest BCUT2D eigenvalue weighted by Crippen LogP contribution is 2.22. The number of carbonyl (C=O) groups excluding carboxylic acids is 1. The van der Waals surface area contributed by atoms with Crippen molar-refractivity contribution in [1.29, 1.82) is 5.26 Å². The lowest BCUT2D eigenvalue weighted by Crippen LogP contribution is -2.23. The summed E-state index contributed by atoms with van der Waals surface area (Å²) in [5.74, 6) is 0.209. The van der Waals surface area contributed by atoms with Crippen LogP contribution in [-0.4, -0.2) is 19.6 Å². The Balaban J connectivity index is 2.86. The van der Waals surface area contributed by atoms with Gasteiger partial charge in [-0.25, -0.2) is 0 Å². The highest BCUT2D eigenvalue weighted by Gasteiger charge is 2.10. The molecule has 0 aliphatic carbocycles. The van der Waals surface area contributed by atoms with Crippen molar-refractivity contribution in [1.82, 2.24) is 5.32 Å². The highest BCUT2D eigenvalue weighted by molar-refractivity contribution is 6.34. The summed E-state index contributed by atoms with van der Waals surface area (Å²) in [6.07, 6.45) is 0. The Morgan fingerprint density at radius 2 is 2.40 bits per heavy atom. The minimum absolute atomic E-state index is 0.0405. The summed E-state index contributed by atoms with van der Waals surface area (Å²) in [6, 6.07) is 6.54. The number of rotatable bonds is 3. The molecular formula is C10H9ClN2O2. The molecular weight excluding hydrogens is 216 g/mol. The van der Waals surface area contributed by atoms with Gasteiger partial charge in [-0.3, -0.25) is 4.79 Å². The van der Waals surface area contributed by atoms with Crippen LogP contribution in [0.3, 0.4) is 0 Å². The van der Waals surface area contributed by atoms with Crippen molar-refractivity contribution in [2.75, 3.05) is 13.7 Å². The molecule has 1 N–H and O–H groups in total. The molecule has 1 amide bonds. The number of nitrogens with one attached hydrogen (secondary N) is 1. The number of ether oxygens (including phenoxy) is 1. The number of hydrogen-bond donors (Lipinski definition) is 1. The number of carbonyl (C=O) groups is 1. The zero-order valence-electron chi connectivity index (χ0n) is 8.08. The average Bonchev–Trinajstić information content (AvgIpc) is 2.25. The fourth-order valence-electron chi connectivity index (χ4n) is 1.02. The van der Waals surface area contributed by atoms with E-state index < -0.39 is 0 Å². The van der Waals surface area contributed by atoms with Crippen molar-refractivity contribution < 1.29 is 9.53 Å². The molecule has 0 atom stereocenters. The zero-order valence-corrected chi connectivity index (χ0v) is 8.84. The lowest BCUT2D eigenvalue weighted by atomic mass is 10.2. The van der Waals surface area contributed by atoms with Crippen LogP contribution in [0, 0.1) is 11.3 Å². The molecule has 5 heteroatoms. The summed E-state index contributed by atoms with van der Waals surface area (Å²) in [5, 5.41) is 11.0. The van der Waals surface area contributed by atoms with E-state index >= 15 is 0 Å². The third-order valence-corrected chi connectivity index (χ3v) is 2.06. The molecule has 0 unspecified atom stereocenters. The molecule has 4 nitrogen and oxygen atoms in total. The second-order valence-corrected chi connectivity index (χ2v) is 3.09. The molecule has 0 bridgehead atoms. The summed E-state index contributed by atoms with van der Waals surface area (Å²) in [7, 11) is 1.51. The first-order chi connectivity index (χ1) is 7.19. The Morgan fingerprint density at radius 1 is 1.67 bits per heavy atom. The SMILES string of the molecule is COc1ccc(C(=O)NCC#N)c(Cl)c1. The molecule has 0 fully saturated rings. The molecule has 0 aliphatic heterocycles. The Kier molecular flexibility index (Phi) is 3.95. The van der Waals surface area contributed by atoms with Crippen molar-refractivity contribution in [2.24, 2.45) is 0 Å². The van der Waals surface area contributed by atoms with Gasteiger partial charge in [0.25, 0.3) is 5.91 Å². The van der Waals surface area contributed by atoms with Crippen LogP contribution in [0.5, 0.6) is 5.75 Å². The van der Waals surface area contributed by atoms with Crippen molar-refractivity contribution >= 4 is 17.5 Å². The van der Waals surface area contributed by atoms with Gasteiger partial charge < -0.3 is 10.1 Å². The van der Waals surface area contributed by atoms with Gasteiger partial charge in [-0.2, -0.15) is 5.26 Å². The van der Waals surface area contributed by atoms with Crippen molar-refractivity contribution in [3.63, 3.8) is 0 Å². The fraction of sp³-hybridized carbons (Fsp3) is 0.200. The highest BCUT2D eigenvalue weighted by atomic mass is 35.5. The minimum atomic E-state index is -0.371. The number of nitriles is 1. The molecule has 0 aromatic heterocycles. The molecule has 78 valence electrons. The zero-order chi connectivity index (χ0) is 11.3. The molecule has 0 heterocycles. The van der Waals surface area contributed by atoms with E-state index in [0.29, 0.717) is 16.3 Å². The first-order valence-corrected chi connectivity index (χ1v) is 4.55. The van der Waals surface area contributed by atoms with Gasteiger partial charge in [0.2, 0.25) is 0 Å². The average molecular weight is 225 g/mol. The molecule has 1 aromatic carbocycles. The molecule has 0 saturated carbocycles. The summed E-state index contributed by atoms with van der Waals surface area (Å²) < 4.78 is 4.94. The number of hydrogen-bond acceptors (Lipinski definition) is 3. The molecule has 0 radical (unpaired) electrons. The smallest absolute Gasteiger partial charge is 0.253 e. The van der Waals surface area contributed by atoms with Crippen LogP contribution in [0.15, 0.2) is 18.2 Å². The molecule has 0 aliphatic rings. The standard InChI is InChI=1S/C10H9ClN2O2/c1-15-7-2-3-8(9(11)6-7)10(14)13-5-4-12/h2-3,6H,5H2,1H3,(H,13,14). The van der Waals surface area contributed by atoms with Crippen molar-refractivity contribution in [2.45, 2.75) is 0 Å². The Bertz CT molecular complexity index is 412. The summed E-state index contributed by atoms with van der Waals surface area (Å²) >= 11 is 5.86. The van der Waals surface area contributed by atoms with E-state index in [0.717, 1.165) is 0 Å². The largest absolute Gasteiger partial charge is 0.497 e. The monoisotopic (exact) mass is 224 g/mol. The van der Waals surface area contributed by atoms with Gasteiger partial charge in [-0.1, -0.05) is 11.6 Å². The van der Waals surface area contributed by atoms with Crippen molar-refractivity contribution in [3.05, 3.63) is 28.8 Å². The lowest BCUT2D eigenvalue weighted by molar-refractivity contribution is 0.0958. The van der Waals surface area contributed by atoms with Crippen LogP contribution in [0.4, 0.5) is 0 Å². The van der Waals surface area contributed by atoms with Crippen LogP contribution in [0.2, 0.25) is 5.02 Å². The molecule has 15 heavy (non-hydrogen) atoms. The van der Waals surface area contributed by atoms with Gasteiger partial charge in [-0.15, -0.1) is 0 Å². The molecule has 0 saturated heterocycles. The maximum atomic E-state index is 11.4. The number of benzene rings is 1. The fourth-order valence-corrected chi connectivity index (χ4v) is 1.28. The molecule has 0 spiro atoms. The normalized spacial score (nSPS) is 9.13. The van der Waals surface area contributed by atoms with Gasteiger partial charge in [0.1, 0.15) is 12.3 Å². The third kappa shape index (κ3) is 2.86. The summed E-state index contributed by atoms with van der Waals surface area (Å²) in [4.78, 5) is 11.4. The minimum Gasteiger partial charge on any atom is -0.497 e. The van der Waals surface area contributed by atoms with Gasteiger partial charge in [0, 0.05) is 0 Å². The number of methoxy groups -OCH3 is 1. The Labute approximate surface area is 92.4 Å². The van der Waals surface area contributed by atoms with E-state index in [2.05, 4.69) is 5.32 Å². The Morgan fingerprint density at radius 3 is 2.93 bits per heavy atom. The maximum absolute atomic E-state index is 11.4. The van der Waals surface area contributed by atoms with Gasteiger partial charge in [0.05, 0.1) is 23.8 Å². The first-order valence-electron chi connectivity index (χ1n) is 4.17. The molecule has 1 rings (SSSR count). The van der Waals surface area contributed by atoms with E-state index in [4.69, 9.17) is 21.6 Å². The summed E-state index contributed by atoms with van der Waals surface area (Å²) in [5.41, 5.74) is 0.327. The van der Waals surface area contributed by atoms with Crippen LogP contribution in [-0.2, 0) is 0 Å².